The lowest BCUT2D eigenvalue weighted by Gasteiger charge is -2.40. The number of carbonyl (C=O) groups excluding carboxylic acids is 2. The molecule has 1 amide bonds. The summed E-state index contributed by atoms with van der Waals surface area (Å²) in [6.07, 6.45) is 1.67. The number of ether oxygens (including phenoxy) is 2. The number of hydrogen-bond acceptors (Lipinski definition) is 6. The van der Waals surface area contributed by atoms with Crippen molar-refractivity contribution >= 4 is 17.6 Å². The van der Waals surface area contributed by atoms with Crippen LogP contribution in [-0.4, -0.2) is 54.9 Å². The first-order valence-electron chi connectivity index (χ1n) is 10.8. The molecule has 0 N–H and O–H groups in total. The van der Waals surface area contributed by atoms with Gasteiger partial charge in [-0.05, 0) is 44.2 Å². The maximum atomic E-state index is 12.9. The van der Waals surface area contributed by atoms with E-state index >= 15 is 0 Å². The number of rotatable bonds is 8. The van der Waals surface area contributed by atoms with E-state index in [1.54, 1.807) is 4.90 Å². The number of nitrogens with zero attached hydrogens (tertiary/aromatic N) is 2. The standard InChI is InChI=1S/C23H32N2O5/c1-4-28-22(27)23(12-15-29-18-8-6-5-7-9-18)10-13-25(14-11-23)21(26)20-16-19(17(2)3)24-30-20/h5-9,17,20H,4,10-16H2,1-3H3. The van der Waals surface area contributed by atoms with Crippen molar-refractivity contribution in [1.82, 2.24) is 4.90 Å². The highest BCUT2D eigenvalue weighted by Gasteiger charge is 2.45. The predicted molar refractivity (Wildman–Crippen MR) is 113 cm³/mol. The van der Waals surface area contributed by atoms with Gasteiger partial charge in [0.05, 0.1) is 24.3 Å². The first-order valence-corrected chi connectivity index (χ1v) is 10.8. The van der Waals surface area contributed by atoms with Crippen molar-refractivity contribution in [3.8, 4) is 5.75 Å². The quantitative estimate of drug-likeness (QED) is 0.607. The molecule has 1 fully saturated rings. The zero-order valence-electron chi connectivity index (χ0n) is 18.1. The molecule has 2 aliphatic heterocycles. The third-order valence-electron chi connectivity index (χ3n) is 5.97. The van der Waals surface area contributed by atoms with Crippen LogP contribution in [0.2, 0.25) is 0 Å². The minimum Gasteiger partial charge on any atom is -0.494 e. The molecule has 0 aliphatic carbocycles. The van der Waals surface area contributed by atoms with Crippen LogP contribution in [0.3, 0.4) is 0 Å². The second-order valence-corrected chi connectivity index (χ2v) is 8.27. The summed E-state index contributed by atoms with van der Waals surface area (Å²) in [7, 11) is 0. The summed E-state index contributed by atoms with van der Waals surface area (Å²) < 4.78 is 11.2. The van der Waals surface area contributed by atoms with Crippen molar-refractivity contribution in [2.24, 2.45) is 16.5 Å². The summed E-state index contributed by atoms with van der Waals surface area (Å²) in [5.41, 5.74) is 0.293. The molecule has 0 aromatic heterocycles. The Balaban J connectivity index is 1.57. The molecule has 2 heterocycles. The van der Waals surface area contributed by atoms with Gasteiger partial charge in [-0.25, -0.2) is 0 Å². The van der Waals surface area contributed by atoms with E-state index < -0.39 is 11.5 Å². The fourth-order valence-corrected chi connectivity index (χ4v) is 3.95. The number of likely N-dealkylation sites (tertiary alicyclic amines) is 1. The van der Waals surface area contributed by atoms with Gasteiger partial charge in [0.2, 0.25) is 6.10 Å². The molecule has 7 heteroatoms. The summed E-state index contributed by atoms with van der Waals surface area (Å²) in [4.78, 5) is 32.8. The van der Waals surface area contributed by atoms with Gasteiger partial charge in [0.15, 0.2) is 0 Å². The van der Waals surface area contributed by atoms with Gasteiger partial charge in [0.25, 0.3) is 5.91 Å². The van der Waals surface area contributed by atoms with Crippen LogP contribution in [0.5, 0.6) is 5.75 Å². The third kappa shape index (κ3) is 5.12. The number of carbonyl (C=O) groups is 2. The van der Waals surface area contributed by atoms with Gasteiger partial charge >= 0.3 is 5.97 Å². The van der Waals surface area contributed by atoms with E-state index in [9.17, 15) is 9.59 Å². The van der Waals surface area contributed by atoms with Crippen molar-refractivity contribution in [1.29, 1.82) is 0 Å². The second kappa shape index (κ2) is 9.96. The smallest absolute Gasteiger partial charge is 0.312 e. The first-order chi connectivity index (χ1) is 14.4. The maximum Gasteiger partial charge on any atom is 0.312 e. The summed E-state index contributed by atoms with van der Waals surface area (Å²) >= 11 is 0. The lowest BCUT2D eigenvalue weighted by Crippen LogP contribution is -2.50. The Morgan fingerprint density at radius 2 is 1.93 bits per heavy atom. The Bertz CT molecular complexity index is 754. The molecule has 1 atom stereocenters. The van der Waals surface area contributed by atoms with Gasteiger partial charge in [-0.1, -0.05) is 37.2 Å². The molecule has 2 aliphatic rings. The fourth-order valence-electron chi connectivity index (χ4n) is 3.95. The van der Waals surface area contributed by atoms with E-state index in [1.165, 1.54) is 0 Å². The predicted octanol–water partition coefficient (Wildman–Crippen LogP) is 3.43. The summed E-state index contributed by atoms with van der Waals surface area (Å²) in [5.74, 6) is 0.803. The van der Waals surface area contributed by atoms with E-state index in [4.69, 9.17) is 14.3 Å². The SMILES string of the molecule is CCOC(=O)C1(CCOc2ccccc2)CCN(C(=O)C2CC(C(C)C)=NO2)CC1. The monoisotopic (exact) mass is 416 g/mol. The number of amides is 1. The van der Waals surface area contributed by atoms with Crippen molar-refractivity contribution in [3.05, 3.63) is 30.3 Å². The lowest BCUT2D eigenvalue weighted by atomic mass is 9.75. The number of benzene rings is 1. The second-order valence-electron chi connectivity index (χ2n) is 8.27. The molecule has 3 rings (SSSR count). The minimum absolute atomic E-state index is 0.0487. The zero-order chi connectivity index (χ0) is 21.6. The zero-order valence-corrected chi connectivity index (χ0v) is 18.1. The first kappa shape index (κ1) is 22.1. The van der Waals surface area contributed by atoms with Gasteiger partial charge in [-0.3, -0.25) is 9.59 Å². The molecule has 0 radical (unpaired) electrons. The number of oxime groups is 1. The van der Waals surface area contributed by atoms with Crippen LogP contribution >= 0.6 is 0 Å². The van der Waals surface area contributed by atoms with Crippen molar-refractivity contribution < 1.29 is 23.9 Å². The van der Waals surface area contributed by atoms with E-state index in [2.05, 4.69) is 5.16 Å². The third-order valence-corrected chi connectivity index (χ3v) is 5.97. The van der Waals surface area contributed by atoms with Crippen molar-refractivity contribution in [2.45, 2.75) is 52.6 Å². The van der Waals surface area contributed by atoms with Gasteiger partial charge < -0.3 is 19.2 Å². The molecule has 164 valence electrons. The molecule has 7 nitrogen and oxygen atoms in total. The van der Waals surface area contributed by atoms with Gasteiger partial charge in [0, 0.05) is 19.5 Å². The molecule has 0 saturated carbocycles. The van der Waals surface area contributed by atoms with Crippen LogP contribution in [0.1, 0.15) is 46.5 Å². The number of hydrogen-bond donors (Lipinski definition) is 0. The summed E-state index contributed by atoms with van der Waals surface area (Å²) in [6, 6.07) is 9.56. The molecule has 1 aromatic carbocycles. The van der Waals surface area contributed by atoms with Crippen LogP contribution in [-0.2, 0) is 19.2 Å². The Kier molecular flexibility index (Phi) is 7.34. The minimum atomic E-state index is -0.627. The van der Waals surface area contributed by atoms with Crippen molar-refractivity contribution in [2.75, 3.05) is 26.3 Å². The van der Waals surface area contributed by atoms with E-state index in [0.29, 0.717) is 52.0 Å². The van der Waals surface area contributed by atoms with E-state index in [1.807, 2.05) is 51.1 Å². The number of para-hydroxylation sites is 1. The van der Waals surface area contributed by atoms with E-state index in [0.717, 1.165) is 11.5 Å². The molecule has 1 unspecified atom stereocenters. The Labute approximate surface area is 178 Å². The summed E-state index contributed by atoms with van der Waals surface area (Å²) in [6.45, 7) is 7.67. The molecule has 30 heavy (non-hydrogen) atoms. The van der Waals surface area contributed by atoms with Gasteiger partial charge in [-0.2, -0.15) is 0 Å². The highest BCUT2D eigenvalue weighted by Crippen LogP contribution is 2.37. The molecular weight excluding hydrogens is 384 g/mol. The molecular formula is C23H32N2O5. The van der Waals surface area contributed by atoms with Crippen LogP contribution in [0.25, 0.3) is 0 Å². The Morgan fingerprint density at radius 1 is 1.23 bits per heavy atom. The van der Waals surface area contributed by atoms with Gasteiger partial charge in [-0.15, -0.1) is 0 Å². The fraction of sp³-hybridized carbons (Fsp3) is 0.609. The number of esters is 1. The largest absolute Gasteiger partial charge is 0.494 e. The molecule has 0 bridgehead atoms. The van der Waals surface area contributed by atoms with Gasteiger partial charge in [0.1, 0.15) is 5.75 Å². The van der Waals surface area contributed by atoms with Crippen LogP contribution in [0.15, 0.2) is 35.5 Å². The molecule has 1 aromatic rings. The number of piperidine rings is 1. The topological polar surface area (TPSA) is 77.4 Å². The molecule has 1 saturated heterocycles. The lowest BCUT2D eigenvalue weighted by molar-refractivity contribution is -0.162. The Hall–Kier alpha value is -2.57. The normalized spacial score (nSPS) is 20.5. The maximum absolute atomic E-state index is 12.9. The summed E-state index contributed by atoms with van der Waals surface area (Å²) in [5, 5.41) is 4.06. The highest BCUT2D eigenvalue weighted by molar-refractivity contribution is 5.94. The van der Waals surface area contributed by atoms with Crippen LogP contribution in [0.4, 0.5) is 0 Å². The van der Waals surface area contributed by atoms with Crippen molar-refractivity contribution in [3.63, 3.8) is 0 Å². The average molecular weight is 417 g/mol. The highest BCUT2D eigenvalue weighted by atomic mass is 16.6. The van der Waals surface area contributed by atoms with Crippen LogP contribution < -0.4 is 4.74 Å². The van der Waals surface area contributed by atoms with E-state index in [-0.39, 0.29) is 17.8 Å². The average Bonchev–Trinajstić information content (AvgIpc) is 3.25. The Morgan fingerprint density at radius 3 is 2.53 bits per heavy atom. The molecule has 0 spiro atoms. The van der Waals surface area contributed by atoms with Crippen LogP contribution in [0, 0.1) is 11.3 Å².